The van der Waals surface area contributed by atoms with Gasteiger partial charge in [0.1, 0.15) is 0 Å². The van der Waals surface area contributed by atoms with Crippen LogP contribution in [0.1, 0.15) is 78.1 Å². The second-order valence-electron chi connectivity index (χ2n) is 6.94. The van der Waals surface area contributed by atoms with E-state index in [0.29, 0.717) is 0 Å². The van der Waals surface area contributed by atoms with Crippen molar-refractivity contribution >= 4 is 0 Å². The van der Waals surface area contributed by atoms with Gasteiger partial charge >= 0.3 is 0 Å². The predicted octanol–water partition coefficient (Wildman–Crippen LogP) is 4.30. The fourth-order valence-corrected chi connectivity index (χ4v) is 4.07. The largest absolute Gasteiger partial charge is 0.390 e. The van der Waals surface area contributed by atoms with Gasteiger partial charge in [-0.2, -0.15) is 0 Å². The summed E-state index contributed by atoms with van der Waals surface area (Å²) in [7, 11) is 0. The van der Waals surface area contributed by atoms with Gasteiger partial charge in [0.15, 0.2) is 0 Å². The predicted molar refractivity (Wildman–Crippen MR) is 79.2 cm³/mol. The molecule has 0 spiro atoms. The Morgan fingerprint density at radius 2 is 1.74 bits per heavy atom. The second-order valence-corrected chi connectivity index (χ2v) is 6.94. The fourth-order valence-electron chi connectivity index (χ4n) is 4.07. The van der Waals surface area contributed by atoms with Crippen molar-refractivity contribution in [3.8, 4) is 0 Å². The van der Waals surface area contributed by atoms with Crippen LogP contribution in [-0.4, -0.2) is 23.4 Å². The van der Waals surface area contributed by atoms with Crippen LogP contribution in [0.2, 0.25) is 0 Å². The van der Waals surface area contributed by atoms with E-state index in [1.54, 1.807) is 0 Å². The highest BCUT2D eigenvalue weighted by molar-refractivity contribution is 4.93. The van der Waals surface area contributed by atoms with Gasteiger partial charge in [-0.05, 0) is 50.9 Å². The van der Waals surface area contributed by atoms with Gasteiger partial charge < -0.3 is 9.84 Å². The molecule has 2 aliphatic rings. The van der Waals surface area contributed by atoms with Crippen molar-refractivity contribution in [1.82, 2.24) is 0 Å². The average Bonchev–Trinajstić information content (AvgIpc) is 2.43. The smallest absolute Gasteiger partial charge is 0.0940 e. The van der Waals surface area contributed by atoms with Gasteiger partial charge in [0, 0.05) is 6.61 Å². The van der Waals surface area contributed by atoms with Crippen LogP contribution in [0.3, 0.4) is 0 Å². The number of hydrogen-bond donors (Lipinski definition) is 1. The van der Waals surface area contributed by atoms with Crippen molar-refractivity contribution in [3.63, 3.8) is 0 Å². The molecule has 2 fully saturated rings. The van der Waals surface area contributed by atoms with Crippen molar-refractivity contribution in [3.05, 3.63) is 0 Å². The van der Waals surface area contributed by atoms with E-state index in [0.717, 1.165) is 37.7 Å². The number of ether oxygens (including phenoxy) is 1. The van der Waals surface area contributed by atoms with Crippen LogP contribution in [0, 0.1) is 11.8 Å². The van der Waals surface area contributed by atoms with Gasteiger partial charge in [-0.25, -0.2) is 0 Å². The molecule has 0 heterocycles. The molecule has 2 aliphatic carbocycles. The van der Waals surface area contributed by atoms with Crippen LogP contribution in [0.15, 0.2) is 0 Å². The average molecular weight is 268 g/mol. The lowest BCUT2D eigenvalue weighted by Crippen LogP contribution is -2.48. The maximum Gasteiger partial charge on any atom is 0.0940 e. The summed E-state index contributed by atoms with van der Waals surface area (Å²) >= 11 is 0. The summed E-state index contributed by atoms with van der Waals surface area (Å²) in [6, 6.07) is 0. The monoisotopic (exact) mass is 268 g/mol. The molecule has 1 unspecified atom stereocenters. The zero-order valence-corrected chi connectivity index (χ0v) is 12.9. The number of aliphatic hydroxyl groups excluding tert-OH is 1. The lowest BCUT2D eigenvalue weighted by molar-refractivity contribution is -0.150. The molecular weight excluding hydrogens is 236 g/mol. The molecule has 0 aliphatic heterocycles. The first-order valence-corrected chi connectivity index (χ1v) is 8.48. The lowest BCUT2D eigenvalue weighted by Gasteiger charge is -2.43. The van der Waals surface area contributed by atoms with Crippen LogP contribution in [-0.2, 0) is 4.74 Å². The summed E-state index contributed by atoms with van der Waals surface area (Å²) in [6.45, 7) is 5.12. The van der Waals surface area contributed by atoms with Crippen LogP contribution >= 0.6 is 0 Å². The van der Waals surface area contributed by atoms with Crippen LogP contribution in [0.4, 0.5) is 0 Å². The second kappa shape index (κ2) is 7.08. The minimum absolute atomic E-state index is 0.224. The van der Waals surface area contributed by atoms with Crippen LogP contribution < -0.4 is 0 Å². The van der Waals surface area contributed by atoms with Crippen molar-refractivity contribution in [2.75, 3.05) is 6.61 Å². The van der Waals surface area contributed by atoms with Crippen molar-refractivity contribution < 1.29 is 9.84 Å². The molecule has 2 heteroatoms. The molecule has 0 amide bonds. The van der Waals surface area contributed by atoms with Gasteiger partial charge in [-0.15, -0.1) is 0 Å². The Bertz CT molecular complexity index is 250. The van der Waals surface area contributed by atoms with E-state index in [9.17, 15) is 5.11 Å². The third kappa shape index (κ3) is 3.95. The van der Waals surface area contributed by atoms with E-state index in [1.165, 1.54) is 44.9 Å². The summed E-state index contributed by atoms with van der Waals surface area (Å²) < 4.78 is 6.07. The first-order chi connectivity index (χ1) is 9.16. The molecule has 0 radical (unpaired) electrons. The first kappa shape index (κ1) is 15.3. The molecule has 0 saturated heterocycles. The van der Waals surface area contributed by atoms with Gasteiger partial charge in [0.2, 0.25) is 0 Å². The SMILES string of the molecule is CCOC1(C(O)CC2CCCCC2)CCC(C)CC1. The standard InChI is InChI=1S/C17H32O2/c1-3-19-17(11-9-14(2)10-12-17)16(18)13-15-7-5-4-6-8-15/h14-16,18H,3-13H2,1-2H3. The maximum atomic E-state index is 10.8. The number of hydrogen-bond acceptors (Lipinski definition) is 2. The van der Waals surface area contributed by atoms with Crippen LogP contribution in [0.25, 0.3) is 0 Å². The summed E-state index contributed by atoms with van der Waals surface area (Å²) in [4.78, 5) is 0. The van der Waals surface area contributed by atoms with E-state index in [-0.39, 0.29) is 11.7 Å². The van der Waals surface area contributed by atoms with Crippen molar-refractivity contribution in [2.24, 2.45) is 11.8 Å². The molecule has 2 saturated carbocycles. The zero-order valence-electron chi connectivity index (χ0n) is 12.9. The van der Waals surface area contributed by atoms with Crippen molar-refractivity contribution in [2.45, 2.75) is 89.8 Å². The Hall–Kier alpha value is -0.0800. The van der Waals surface area contributed by atoms with Gasteiger partial charge in [-0.3, -0.25) is 0 Å². The van der Waals surface area contributed by atoms with E-state index in [1.807, 2.05) is 0 Å². The third-order valence-corrected chi connectivity index (χ3v) is 5.44. The maximum absolute atomic E-state index is 10.8. The van der Waals surface area contributed by atoms with Crippen LogP contribution in [0.5, 0.6) is 0 Å². The number of aliphatic hydroxyl groups is 1. The third-order valence-electron chi connectivity index (χ3n) is 5.44. The normalized spacial score (nSPS) is 35.2. The Balaban J connectivity index is 1.93. The summed E-state index contributed by atoms with van der Waals surface area (Å²) in [5.74, 6) is 1.54. The van der Waals surface area contributed by atoms with E-state index < -0.39 is 0 Å². The highest BCUT2D eigenvalue weighted by Crippen LogP contribution is 2.40. The highest BCUT2D eigenvalue weighted by atomic mass is 16.5. The summed E-state index contributed by atoms with van der Waals surface area (Å²) in [5, 5.41) is 10.8. The molecule has 0 aromatic heterocycles. The van der Waals surface area contributed by atoms with E-state index in [4.69, 9.17) is 4.74 Å². The molecule has 2 nitrogen and oxygen atoms in total. The summed E-state index contributed by atoms with van der Waals surface area (Å²) in [5.41, 5.74) is -0.224. The minimum Gasteiger partial charge on any atom is -0.390 e. The first-order valence-electron chi connectivity index (χ1n) is 8.48. The molecule has 1 N–H and O–H groups in total. The molecule has 19 heavy (non-hydrogen) atoms. The highest BCUT2D eigenvalue weighted by Gasteiger charge is 2.42. The minimum atomic E-state index is -0.247. The van der Waals surface area contributed by atoms with Crippen molar-refractivity contribution in [1.29, 1.82) is 0 Å². The van der Waals surface area contributed by atoms with E-state index in [2.05, 4.69) is 13.8 Å². The molecule has 2 rings (SSSR count). The number of rotatable bonds is 5. The Morgan fingerprint density at radius 3 is 2.32 bits per heavy atom. The van der Waals surface area contributed by atoms with Gasteiger partial charge in [-0.1, -0.05) is 39.0 Å². The van der Waals surface area contributed by atoms with E-state index >= 15 is 0 Å². The molecule has 0 aromatic carbocycles. The molecule has 0 aromatic rings. The van der Waals surface area contributed by atoms with Gasteiger partial charge in [0.05, 0.1) is 11.7 Å². The molecular formula is C17H32O2. The zero-order chi connectivity index (χ0) is 13.7. The van der Waals surface area contributed by atoms with Gasteiger partial charge in [0.25, 0.3) is 0 Å². The molecule has 0 bridgehead atoms. The Labute approximate surface area is 118 Å². The lowest BCUT2D eigenvalue weighted by atomic mass is 9.73. The topological polar surface area (TPSA) is 29.5 Å². The Morgan fingerprint density at radius 1 is 1.11 bits per heavy atom. The molecule has 112 valence electrons. The molecule has 1 atom stereocenters. The quantitative estimate of drug-likeness (QED) is 0.805. The summed E-state index contributed by atoms with van der Waals surface area (Å²) in [6.07, 6.45) is 12.0. The fraction of sp³-hybridized carbons (Fsp3) is 1.00. The Kier molecular flexibility index (Phi) is 5.70.